The molecule has 0 aliphatic heterocycles. The van der Waals surface area contributed by atoms with Crippen molar-refractivity contribution in [2.45, 2.75) is 32.1 Å². The summed E-state index contributed by atoms with van der Waals surface area (Å²) in [7, 11) is 1.82. The number of nitrogens with one attached hydrogen (secondary N) is 1. The highest BCUT2D eigenvalue weighted by Crippen LogP contribution is 2.50. The lowest BCUT2D eigenvalue weighted by Gasteiger charge is -2.46. The number of aromatic nitrogens is 6. The molecule has 4 aromatic rings. The molecule has 8 nitrogen and oxygen atoms in total. The van der Waals surface area contributed by atoms with E-state index in [1.54, 1.807) is 17.1 Å². The Labute approximate surface area is 182 Å². The number of aryl methyl sites for hydroxylation is 1. The Balaban J connectivity index is 1.48. The normalized spacial score (nSPS) is 25.1. The summed E-state index contributed by atoms with van der Waals surface area (Å²) in [5.41, 5.74) is 2.71. The molecule has 2 N–H and O–H groups in total. The van der Waals surface area contributed by atoms with Crippen LogP contribution in [0.5, 0.6) is 0 Å². The number of aromatic amines is 1. The number of aliphatic carboxylic acids is 1. The fraction of sp³-hybridized carbons (Fsp3) is 0.435. The first-order valence-corrected chi connectivity index (χ1v) is 11.0. The highest BCUT2D eigenvalue weighted by atomic mass is 19.1. The van der Waals surface area contributed by atoms with Gasteiger partial charge in [-0.2, -0.15) is 5.10 Å². The van der Waals surface area contributed by atoms with Gasteiger partial charge in [0.25, 0.3) is 0 Å². The van der Waals surface area contributed by atoms with Crippen LogP contribution in [0.4, 0.5) is 4.39 Å². The summed E-state index contributed by atoms with van der Waals surface area (Å²) < 4.78 is 15.6. The Morgan fingerprint density at radius 2 is 1.97 bits per heavy atom. The van der Waals surface area contributed by atoms with E-state index in [2.05, 4.69) is 15.1 Å². The Morgan fingerprint density at radius 1 is 1.19 bits per heavy atom. The van der Waals surface area contributed by atoms with Crippen LogP contribution in [0.2, 0.25) is 0 Å². The van der Waals surface area contributed by atoms with Gasteiger partial charge in [-0.1, -0.05) is 0 Å². The average Bonchev–Trinajstić information content (AvgIpc) is 3.37. The summed E-state index contributed by atoms with van der Waals surface area (Å²) in [6.07, 6.45) is 9.41. The number of rotatable bonds is 4. The molecule has 2 atom stereocenters. The molecule has 0 aromatic carbocycles. The Hall–Kier alpha value is -3.36. The molecular formula is C23H23FN6O2. The lowest BCUT2D eigenvalue weighted by Crippen LogP contribution is -2.45. The van der Waals surface area contributed by atoms with E-state index in [9.17, 15) is 14.3 Å². The minimum Gasteiger partial charge on any atom is -0.481 e. The zero-order valence-corrected chi connectivity index (χ0v) is 17.6. The van der Waals surface area contributed by atoms with Gasteiger partial charge in [0, 0.05) is 24.2 Å². The highest BCUT2D eigenvalue weighted by molar-refractivity contribution is 5.92. The lowest BCUT2D eigenvalue weighted by molar-refractivity contribution is -0.152. The van der Waals surface area contributed by atoms with E-state index >= 15 is 0 Å². The van der Waals surface area contributed by atoms with Crippen LogP contribution >= 0.6 is 0 Å². The minimum atomic E-state index is -0.695. The maximum absolute atomic E-state index is 13.9. The molecule has 2 bridgehead atoms. The fourth-order valence-corrected chi connectivity index (χ4v) is 6.00. The summed E-state index contributed by atoms with van der Waals surface area (Å²) in [6.45, 7) is 0. The highest BCUT2D eigenvalue weighted by Gasteiger charge is 2.47. The molecule has 3 aliphatic rings. The van der Waals surface area contributed by atoms with Crippen molar-refractivity contribution in [1.82, 2.24) is 29.7 Å². The first-order valence-electron chi connectivity index (χ1n) is 11.0. The summed E-state index contributed by atoms with van der Waals surface area (Å²) in [6, 6.07) is 1.42. The number of pyridine rings is 1. The maximum atomic E-state index is 13.9. The molecule has 4 aromatic heterocycles. The summed E-state index contributed by atoms with van der Waals surface area (Å²) in [5.74, 6) is -0.301. The molecule has 0 saturated heterocycles. The van der Waals surface area contributed by atoms with Gasteiger partial charge < -0.3 is 10.1 Å². The number of hydrogen-bond donors (Lipinski definition) is 2. The van der Waals surface area contributed by atoms with Crippen LogP contribution in [0.25, 0.3) is 33.5 Å². The minimum absolute atomic E-state index is 0.0493. The molecule has 7 rings (SSSR count). The van der Waals surface area contributed by atoms with E-state index in [1.807, 2.05) is 7.05 Å². The number of halogens is 1. The number of carboxylic acids is 1. The molecule has 9 heteroatoms. The Morgan fingerprint density at radius 3 is 2.75 bits per heavy atom. The fourth-order valence-electron chi connectivity index (χ4n) is 6.00. The first-order chi connectivity index (χ1) is 15.5. The van der Waals surface area contributed by atoms with Gasteiger partial charge >= 0.3 is 5.97 Å². The number of H-pyrrole nitrogens is 1. The third-order valence-electron chi connectivity index (χ3n) is 7.51. The molecule has 3 aliphatic carbocycles. The number of fused-ring (bicyclic) bond motifs is 5. The first kappa shape index (κ1) is 19.3. The molecule has 32 heavy (non-hydrogen) atoms. The van der Waals surface area contributed by atoms with Crippen LogP contribution in [0, 0.1) is 29.5 Å². The molecular weight excluding hydrogens is 411 g/mol. The average molecular weight is 434 g/mol. The summed E-state index contributed by atoms with van der Waals surface area (Å²) in [4.78, 5) is 28.9. The molecule has 2 unspecified atom stereocenters. The van der Waals surface area contributed by atoms with E-state index in [0.29, 0.717) is 40.4 Å². The van der Waals surface area contributed by atoms with Gasteiger partial charge in [-0.05, 0) is 55.9 Å². The predicted octanol–water partition coefficient (Wildman–Crippen LogP) is 3.73. The van der Waals surface area contributed by atoms with E-state index < -0.39 is 11.8 Å². The van der Waals surface area contributed by atoms with Crippen molar-refractivity contribution < 1.29 is 14.3 Å². The number of nitrogens with zero attached hydrogens (tertiary/aromatic N) is 5. The van der Waals surface area contributed by atoms with Crippen LogP contribution < -0.4 is 0 Å². The van der Waals surface area contributed by atoms with Crippen molar-refractivity contribution in [1.29, 1.82) is 0 Å². The van der Waals surface area contributed by atoms with E-state index in [0.717, 1.165) is 36.8 Å². The van der Waals surface area contributed by atoms with Crippen LogP contribution in [0.15, 0.2) is 24.7 Å². The SMILES string of the molecule is Cn1ncc2c(CC3C4CCC(CC4)C3C(=O)O)nc(-c3c[nH]c4ncc(F)cc34)nc21. The zero-order valence-electron chi connectivity index (χ0n) is 17.6. The Kier molecular flexibility index (Phi) is 4.28. The van der Waals surface area contributed by atoms with Gasteiger partial charge in [-0.3, -0.25) is 9.48 Å². The number of carboxylic acid groups (broad SMARTS) is 1. The summed E-state index contributed by atoms with van der Waals surface area (Å²) in [5, 5.41) is 15.8. The second-order valence-corrected chi connectivity index (χ2v) is 9.16. The van der Waals surface area contributed by atoms with Gasteiger partial charge in [-0.25, -0.2) is 19.3 Å². The van der Waals surface area contributed by atoms with Crippen LogP contribution in [0.1, 0.15) is 31.4 Å². The van der Waals surface area contributed by atoms with Crippen LogP contribution in [-0.4, -0.2) is 40.8 Å². The van der Waals surface area contributed by atoms with Gasteiger partial charge in [0.15, 0.2) is 11.5 Å². The third kappa shape index (κ3) is 2.91. The third-order valence-corrected chi connectivity index (χ3v) is 7.51. The molecule has 0 amide bonds. The van der Waals surface area contributed by atoms with Crippen molar-refractivity contribution in [3.63, 3.8) is 0 Å². The smallest absolute Gasteiger partial charge is 0.307 e. The second-order valence-electron chi connectivity index (χ2n) is 9.16. The van der Waals surface area contributed by atoms with Crippen molar-refractivity contribution in [2.24, 2.45) is 30.7 Å². The van der Waals surface area contributed by atoms with Crippen molar-refractivity contribution >= 4 is 28.0 Å². The molecule has 0 radical (unpaired) electrons. The van der Waals surface area contributed by atoms with Crippen molar-refractivity contribution in [3.8, 4) is 11.4 Å². The molecule has 4 heterocycles. The zero-order chi connectivity index (χ0) is 22.0. The lowest BCUT2D eigenvalue weighted by atomic mass is 9.57. The molecule has 3 saturated carbocycles. The quantitative estimate of drug-likeness (QED) is 0.507. The van der Waals surface area contributed by atoms with E-state index in [4.69, 9.17) is 9.97 Å². The predicted molar refractivity (Wildman–Crippen MR) is 115 cm³/mol. The van der Waals surface area contributed by atoms with Crippen molar-refractivity contribution in [2.75, 3.05) is 0 Å². The molecule has 3 fully saturated rings. The Bertz CT molecular complexity index is 1350. The second kappa shape index (κ2) is 7.08. The van der Waals surface area contributed by atoms with Gasteiger partial charge in [0.2, 0.25) is 0 Å². The largest absolute Gasteiger partial charge is 0.481 e. The molecule has 164 valence electrons. The standard InChI is InChI=1S/C23H23FN6O2/c1-30-22-17(10-27-30)18(7-14-11-2-4-12(5-3-11)19(14)23(31)32)28-21(29-22)16-9-26-20-15(16)6-13(24)8-25-20/h6,8-12,14,19H,2-5,7H2,1H3,(H,25,26)(H,31,32). The van der Waals surface area contributed by atoms with Crippen LogP contribution in [0.3, 0.4) is 0 Å². The van der Waals surface area contributed by atoms with E-state index in [1.165, 1.54) is 12.3 Å². The number of carbonyl (C=O) groups is 1. The van der Waals surface area contributed by atoms with E-state index in [-0.39, 0.29) is 17.8 Å². The topological polar surface area (TPSA) is 110 Å². The van der Waals surface area contributed by atoms with Gasteiger partial charge in [0.1, 0.15) is 11.5 Å². The van der Waals surface area contributed by atoms with Crippen molar-refractivity contribution in [3.05, 3.63) is 36.2 Å². The number of hydrogen-bond acceptors (Lipinski definition) is 5. The monoisotopic (exact) mass is 434 g/mol. The van der Waals surface area contributed by atoms with Gasteiger partial charge in [0.05, 0.1) is 29.4 Å². The van der Waals surface area contributed by atoms with Crippen LogP contribution in [-0.2, 0) is 18.3 Å². The molecule has 0 spiro atoms. The van der Waals surface area contributed by atoms with Gasteiger partial charge in [-0.15, -0.1) is 0 Å². The maximum Gasteiger partial charge on any atom is 0.307 e. The summed E-state index contributed by atoms with van der Waals surface area (Å²) >= 11 is 0.